The van der Waals surface area contributed by atoms with Gasteiger partial charge in [0.2, 0.25) is 5.91 Å². The molecule has 16 heavy (non-hydrogen) atoms. The van der Waals surface area contributed by atoms with Crippen LogP contribution < -0.4 is 16.0 Å². The number of benzene rings is 1. The monoisotopic (exact) mass is 221 g/mol. The van der Waals surface area contributed by atoms with Crippen LogP contribution in [0.15, 0.2) is 24.3 Å². The van der Waals surface area contributed by atoms with Crippen LogP contribution in [-0.4, -0.2) is 26.0 Å². The highest BCUT2D eigenvalue weighted by atomic mass is 16.2. The van der Waals surface area contributed by atoms with E-state index >= 15 is 0 Å². The highest BCUT2D eigenvalue weighted by Crippen LogP contribution is 2.17. The van der Waals surface area contributed by atoms with Gasteiger partial charge in [0.25, 0.3) is 0 Å². The van der Waals surface area contributed by atoms with Gasteiger partial charge in [-0.3, -0.25) is 4.79 Å². The van der Waals surface area contributed by atoms with E-state index in [2.05, 4.69) is 5.32 Å². The number of nitrogens with one attached hydrogen (secondary N) is 1. The average Bonchev–Trinajstić information content (AvgIpc) is 2.28. The van der Waals surface area contributed by atoms with Crippen molar-refractivity contribution in [3.05, 3.63) is 24.3 Å². The van der Waals surface area contributed by atoms with Crippen molar-refractivity contribution < 1.29 is 4.79 Å². The fourth-order valence-corrected chi connectivity index (χ4v) is 1.28. The van der Waals surface area contributed by atoms with Gasteiger partial charge in [0.15, 0.2) is 0 Å². The number of nitrogens with zero attached hydrogens (tertiary/aromatic N) is 1. The molecule has 1 rings (SSSR count). The summed E-state index contributed by atoms with van der Waals surface area (Å²) in [6, 6.07) is 7.22. The molecule has 0 unspecified atom stereocenters. The van der Waals surface area contributed by atoms with E-state index in [0.29, 0.717) is 6.42 Å². The maximum atomic E-state index is 11.6. The average molecular weight is 221 g/mol. The molecule has 1 aromatic rings. The standard InChI is InChI=1S/C12H19N3O/c1-4-11(13)12(16)14-9-6-5-7-10(8-9)15(2)3/h5-8,11H,4,13H2,1-3H3,(H,14,16)/t11-/m0/s1. The molecule has 0 radical (unpaired) electrons. The lowest BCUT2D eigenvalue weighted by Crippen LogP contribution is -2.34. The van der Waals surface area contributed by atoms with Gasteiger partial charge in [-0.1, -0.05) is 13.0 Å². The van der Waals surface area contributed by atoms with Gasteiger partial charge in [0.1, 0.15) is 0 Å². The van der Waals surface area contributed by atoms with Crippen LogP contribution in [0.3, 0.4) is 0 Å². The Labute approximate surface area is 96.4 Å². The van der Waals surface area contributed by atoms with Crippen molar-refractivity contribution in [1.82, 2.24) is 0 Å². The highest BCUT2D eigenvalue weighted by molar-refractivity contribution is 5.95. The van der Waals surface area contributed by atoms with Crippen molar-refractivity contribution in [2.45, 2.75) is 19.4 Å². The number of hydrogen-bond donors (Lipinski definition) is 2. The third kappa shape index (κ3) is 3.24. The third-order valence-corrected chi connectivity index (χ3v) is 2.41. The molecular weight excluding hydrogens is 202 g/mol. The Balaban J connectivity index is 2.74. The third-order valence-electron chi connectivity index (χ3n) is 2.41. The van der Waals surface area contributed by atoms with Crippen molar-refractivity contribution >= 4 is 17.3 Å². The van der Waals surface area contributed by atoms with Gasteiger partial charge in [-0.05, 0) is 24.6 Å². The second-order valence-corrected chi connectivity index (χ2v) is 3.95. The first-order valence-electron chi connectivity index (χ1n) is 5.38. The number of amides is 1. The summed E-state index contributed by atoms with van der Waals surface area (Å²) in [5, 5.41) is 2.80. The fourth-order valence-electron chi connectivity index (χ4n) is 1.28. The maximum absolute atomic E-state index is 11.6. The van der Waals surface area contributed by atoms with Crippen LogP contribution in [0.25, 0.3) is 0 Å². The molecule has 0 aliphatic carbocycles. The molecule has 1 amide bonds. The van der Waals surface area contributed by atoms with E-state index < -0.39 is 6.04 Å². The number of anilines is 2. The molecule has 0 aromatic heterocycles. The molecule has 88 valence electrons. The summed E-state index contributed by atoms with van der Waals surface area (Å²) in [6.07, 6.45) is 0.638. The SMILES string of the molecule is CC[C@H](N)C(=O)Nc1cccc(N(C)C)c1. The van der Waals surface area contributed by atoms with Crippen LogP contribution in [0.1, 0.15) is 13.3 Å². The molecule has 4 heteroatoms. The van der Waals surface area contributed by atoms with Gasteiger partial charge in [0.05, 0.1) is 6.04 Å². The Morgan fingerprint density at radius 2 is 2.19 bits per heavy atom. The summed E-state index contributed by atoms with van der Waals surface area (Å²) >= 11 is 0. The minimum atomic E-state index is -0.442. The number of carbonyl (C=O) groups is 1. The van der Waals surface area contributed by atoms with Crippen molar-refractivity contribution in [2.24, 2.45) is 5.73 Å². The predicted molar refractivity (Wildman–Crippen MR) is 67.7 cm³/mol. The molecule has 0 saturated carbocycles. The summed E-state index contributed by atoms with van der Waals surface area (Å²) in [7, 11) is 3.91. The van der Waals surface area contributed by atoms with Crippen LogP contribution in [0.2, 0.25) is 0 Å². The Hall–Kier alpha value is -1.55. The van der Waals surface area contributed by atoms with Gasteiger partial charge in [0, 0.05) is 25.5 Å². The van der Waals surface area contributed by atoms with Gasteiger partial charge >= 0.3 is 0 Å². The molecular formula is C12H19N3O. The van der Waals surface area contributed by atoms with Crippen LogP contribution in [0.4, 0.5) is 11.4 Å². The quantitative estimate of drug-likeness (QED) is 0.808. The normalized spacial score (nSPS) is 12.0. The molecule has 0 saturated heterocycles. The van der Waals surface area contributed by atoms with Gasteiger partial charge in [-0.2, -0.15) is 0 Å². The van der Waals surface area contributed by atoms with E-state index in [0.717, 1.165) is 11.4 Å². The number of rotatable bonds is 4. The van der Waals surface area contributed by atoms with Crippen LogP contribution in [-0.2, 0) is 4.79 Å². The van der Waals surface area contributed by atoms with E-state index in [4.69, 9.17) is 5.73 Å². The van der Waals surface area contributed by atoms with Crippen molar-refractivity contribution in [3.8, 4) is 0 Å². The van der Waals surface area contributed by atoms with E-state index in [1.165, 1.54) is 0 Å². The number of carbonyl (C=O) groups excluding carboxylic acids is 1. The molecule has 3 N–H and O–H groups in total. The minimum absolute atomic E-state index is 0.140. The fraction of sp³-hybridized carbons (Fsp3) is 0.417. The van der Waals surface area contributed by atoms with Crippen molar-refractivity contribution in [1.29, 1.82) is 0 Å². The first-order valence-corrected chi connectivity index (χ1v) is 5.38. The Morgan fingerprint density at radius 1 is 1.50 bits per heavy atom. The summed E-state index contributed by atoms with van der Waals surface area (Å²) < 4.78 is 0. The summed E-state index contributed by atoms with van der Waals surface area (Å²) in [5.41, 5.74) is 7.46. The highest BCUT2D eigenvalue weighted by Gasteiger charge is 2.10. The first kappa shape index (κ1) is 12.5. The summed E-state index contributed by atoms with van der Waals surface area (Å²) in [4.78, 5) is 13.6. The molecule has 0 aliphatic rings. The van der Waals surface area contributed by atoms with Gasteiger partial charge in [-0.25, -0.2) is 0 Å². The largest absolute Gasteiger partial charge is 0.378 e. The van der Waals surface area contributed by atoms with Crippen molar-refractivity contribution in [2.75, 3.05) is 24.3 Å². The van der Waals surface area contributed by atoms with E-state index in [1.807, 2.05) is 50.2 Å². The topological polar surface area (TPSA) is 58.4 Å². The minimum Gasteiger partial charge on any atom is -0.378 e. The van der Waals surface area contributed by atoms with E-state index in [1.54, 1.807) is 0 Å². The molecule has 0 heterocycles. The van der Waals surface area contributed by atoms with Crippen LogP contribution in [0.5, 0.6) is 0 Å². The zero-order valence-electron chi connectivity index (χ0n) is 10.0. The van der Waals surface area contributed by atoms with Crippen molar-refractivity contribution in [3.63, 3.8) is 0 Å². The molecule has 4 nitrogen and oxygen atoms in total. The maximum Gasteiger partial charge on any atom is 0.241 e. The summed E-state index contributed by atoms with van der Waals surface area (Å²) in [6.45, 7) is 1.89. The molecule has 0 fully saturated rings. The zero-order chi connectivity index (χ0) is 12.1. The first-order chi connectivity index (χ1) is 7.54. The molecule has 1 aromatic carbocycles. The smallest absolute Gasteiger partial charge is 0.241 e. The lowest BCUT2D eigenvalue weighted by Gasteiger charge is -2.15. The number of nitrogens with two attached hydrogens (primary N) is 1. The van der Waals surface area contributed by atoms with E-state index in [9.17, 15) is 4.79 Å². The lowest BCUT2D eigenvalue weighted by molar-refractivity contribution is -0.117. The Kier molecular flexibility index (Phi) is 4.31. The predicted octanol–water partition coefficient (Wildman–Crippen LogP) is 1.43. The Morgan fingerprint density at radius 3 is 2.75 bits per heavy atom. The second kappa shape index (κ2) is 5.51. The molecule has 0 spiro atoms. The zero-order valence-corrected chi connectivity index (χ0v) is 10.0. The lowest BCUT2D eigenvalue weighted by atomic mass is 10.2. The summed E-state index contributed by atoms with van der Waals surface area (Å²) in [5.74, 6) is -0.140. The molecule has 0 aliphatic heterocycles. The Bertz CT molecular complexity index is 363. The molecule has 0 bridgehead atoms. The second-order valence-electron chi connectivity index (χ2n) is 3.95. The number of hydrogen-bond acceptors (Lipinski definition) is 3. The van der Waals surface area contributed by atoms with E-state index in [-0.39, 0.29) is 5.91 Å². The van der Waals surface area contributed by atoms with Gasteiger partial charge in [-0.15, -0.1) is 0 Å². The molecule has 1 atom stereocenters. The van der Waals surface area contributed by atoms with Crippen LogP contribution in [0, 0.1) is 0 Å². The van der Waals surface area contributed by atoms with Crippen LogP contribution >= 0.6 is 0 Å². The van der Waals surface area contributed by atoms with Gasteiger partial charge < -0.3 is 16.0 Å².